The Labute approximate surface area is 193 Å². The number of carbonyl (C=O) groups excluding carboxylic acids is 2. The summed E-state index contributed by atoms with van der Waals surface area (Å²) in [5, 5.41) is 2.59. The van der Waals surface area contributed by atoms with Crippen LogP contribution in [0.15, 0.2) is 0 Å². The van der Waals surface area contributed by atoms with Crippen molar-refractivity contribution in [1.82, 2.24) is 5.32 Å². The van der Waals surface area contributed by atoms with Gasteiger partial charge in [-0.2, -0.15) is 8.78 Å². The third-order valence-electron chi connectivity index (χ3n) is 5.82. The van der Waals surface area contributed by atoms with E-state index in [0.29, 0.717) is 30.8 Å². The van der Waals surface area contributed by atoms with E-state index >= 15 is 0 Å². The quantitative estimate of drug-likeness (QED) is 0.101. The number of alkyl carbamates (subject to hydrolysis) is 1. The molecule has 6 nitrogen and oxygen atoms in total. The van der Waals surface area contributed by atoms with Gasteiger partial charge < -0.3 is 19.5 Å². The van der Waals surface area contributed by atoms with Crippen LogP contribution in [0.4, 0.5) is 26.7 Å². The predicted octanol–water partition coefficient (Wildman–Crippen LogP) is 4.25. The number of hydrogen-bond acceptors (Lipinski definition) is 5. The largest absolute Gasteiger partial charge is 0.449 e. The van der Waals surface area contributed by atoms with Crippen molar-refractivity contribution in [2.24, 2.45) is 17.8 Å². The Kier molecular flexibility index (Phi) is 9.10. The molecule has 2 atom stereocenters. The van der Waals surface area contributed by atoms with Crippen LogP contribution in [-0.4, -0.2) is 38.4 Å². The van der Waals surface area contributed by atoms with E-state index in [4.69, 9.17) is 9.47 Å². The molecular weight excluding hydrogens is 465 g/mol. The van der Waals surface area contributed by atoms with E-state index in [2.05, 4.69) is 21.9 Å². The van der Waals surface area contributed by atoms with E-state index in [0.717, 1.165) is 25.7 Å². The molecule has 1 aromatic rings. The lowest BCUT2D eigenvalue weighted by Crippen LogP contribution is -2.27. The van der Waals surface area contributed by atoms with Gasteiger partial charge in [0.05, 0.1) is 19.6 Å². The molecule has 0 spiro atoms. The number of amides is 1. The summed E-state index contributed by atoms with van der Waals surface area (Å²) in [4.78, 5) is 23.4. The topological polar surface area (TPSA) is 73.9 Å². The molecule has 1 fully saturated rings. The first-order valence-corrected chi connectivity index (χ1v) is 11.0. The highest BCUT2D eigenvalue weighted by Gasteiger charge is 2.49. The highest BCUT2D eigenvalue weighted by Crippen LogP contribution is 2.52. The highest BCUT2D eigenvalue weighted by molar-refractivity contribution is 5.72. The van der Waals surface area contributed by atoms with Crippen molar-refractivity contribution in [3.8, 4) is 17.6 Å². The van der Waals surface area contributed by atoms with Gasteiger partial charge in [-0.05, 0) is 37.0 Å². The maximum atomic E-state index is 13.5. The molecule has 186 valence electrons. The molecule has 1 aromatic carbocycles. The minimum Gasteiger partial charge on any atom is -0.449 e. The van der Waals surface area contributed by atoms with Gasteiger partial charge >= 0.3 is 12.1 Å². The minimum atomic E-state index is -2.35. The molecule has 34 heavy (non-hydrogen) atoms. The van der Waals surface area contributed by atoms with Crippen LogP contribution < -0.4 is 10.1 Å². The molecular formula is C23H24F5NO5. The SMILES string of the molecule is O=C(CCOCCCNC(=O)OCC1C2CCC#CCCC21)Oc1c(F)c(F)c(F)c(F)c1F. The molecule has 2 aliphatic rings. The van der Waals surface area contributed by atoms with E-state index in [9.17, 15) is 31.5 Å². The second-order valence-corrected chi connectivity index (χ2v) is 8.04. The van der Waals surface area contributed by atoms with Crippen molar-refractivity contribution in [3.63, 3.8) is 0 Å². The van der Waals surface area contributed by atoms with Gasteiger partial charge in [0.1, 0.15) is 0 Å². The molecule has 0 aromatic heterocycles. The molecule has 0 saturated heterocycles. The number of nitrogens with one attached hydrogen (secondary N) is 1. The van der Waals surface area contributed by atoms with Crippen molar-refractivity contribution in [2.45, 2.75) is 38.5 Å². The zero-order valence-electron chi connectivity index (χ0n) is 18.2. The van der Waals surface area contributed by atoms with Crippen molar-refractivity contribution >= 4 is 12.1 Å². The summed E-state index contributed by atoms with van der Waals surface area (Å²) in [5.41, 5.74) is 0. The summed E-state index contributed by atoms with van der Waals surface area (Å²) < 4.78 is 80.8. The number of halogens is 5. The fraction of sp³-hybridized carbons (Fsp3) is 0.565. The van der Waals surface area contributed by atoms with Gasteiger partial charge in [0.25, 0.3) is 0 Å². The fourth-order valence-corrected chi connectivity index (χ4v) is 3.97. The summed E-state index contributed by atoms with van der Waals surface area (Å²) in [6.45, 7) is 0.567. The summed E-state index contributed by atoms with van der Waals surface area (Å²) in [6.07, 6.45) is 3.25. The average Bonchev–Trinajstić information content (AvgIpc) is 3.46. The third kappa shape index (κ3) is 6.59. The van der Waals surface area contributed by atoms with E-state index in [-0.39, 0.29) is 19.8 Å². The number of esters is 1. The zero-order chi connectivity index (χ0) is 24.7. The van der Waals surface area contributed by atoms with E-state index in [1.54, 1.807) is 0 Å². The van der Waals surface area contributed by atoms with Crippen LogP contribution in [0.1, 0.15) is 38.5 Å². The van der Waals surface area contributed by atoms with E-state index in [1.165, 1.54) is 0 Å². The molecule has 0 radical (unpaired) electrons. The van der Waals surface area contributed by atoms with Gasteiger partial charge in [-0.1, -0.05) is 0 Å². The molecule has 0 heterocycles. The molecule has 1 amide bonds. The molecule has 1 saturated carbocycles. The maximum Gasteiger partial charge on any atom is 0.407 e. The van der Waals surface area contributed by atoms with Gasteiger partial charge in [0.15, 0.2) is 0 Å². The lowest BCUT2D eigenvalue weighted by Gasteiger charge is -2.09. The van der Waals surface area contributed by atoms with E-state index in [1.807, 2.05) is 0 Å². The standard InChI is InChI=1S/C23H24F5NO5/c24-17-18(25)20(27)22(21(28)19(17)26)34-16(30)8-11-32-10-5-9-29-23(31)33-12-15-13-6-3-1-2-4-7-14(13)15/h13-15H,3-12H2,(H,29,31). The van der Waals surface area contributed by atoms with Crippen molar-refractivity contribution < 1.29 is 45.8 Å². The summed E-state index contributed by atoms with van der Waals surface area (Å²) >= 11 is 0. The van der Waals surface area contributed by atoms with Crippen LogP contribution in [0.2, 0.25) is 0 Å². The Bertz CT molecular complexity index is 930. The van der Waals surface area contributed by atoms with E-state index < -0.39 is 53.3 Å². The van der Waals surface area contributed by atoms with Crippen LogP contribution in [0.25, 0.3) is 0 Å². The van der Waals surface area contributed by atoms with Gasteiger partial charge in [0.2, 0.25) is 34.8 Å². The van der Waals surface area contributed by atoms with Gasteiger partial charge in [-0.25, -0.2) is 18.0 Å². The van der Waals surface area contributed by atoms with Crippen molar-refractivity contribution in [1.29, 1.82) is 0 Å². The highest BCUT2D eigenvalue weighted by atomic mass is 19.2. The van der Waals surface area contributed by atoms with Crippen LogP contribution in [-0.2, 0) is 14.3 Å². The smallest absolute Gasteiger partial charge is 0.407 e. The normalized spacial score (nSPS) is 20.8. The van der Waals surface area contributed by atoms with Crippen LogP contribution in [0, 0.1) is 58.7 Å². The lowest BCUT2D eigenvalue weighted by molar-refractivity contribution is -0.136. The molecule has 2 unspecified atom stereocenters. The van der Waals surface area contributed by atoms with Crippen LogP contribution in [0.5, 0.6) is 5.75 Å². The maximum absolute atomic E-state index is 13.5. The van der Waals surface area contributed by atoms with Crippen molar-refractivity contribution in [2.75, 3.05) is 26.4 Å². The second kappa shape index (κ2) is 12.0. The predicted molar refractivity (Wildman–Crippen MR) is 108 cm³/mol. The minimum absolute atomic E-state index is 0.142. The molecule has 1 N–H and O–H groups in total. The Morgan fingerprint density at radius 3 is 2.09 bits per heavy atom. The zero-order valence-corrected chi connectivity index (χ0v) is 18.2. The number of benzene rings is 1. The second-order valence-electron chi connectivity index (χ2n) is 8.04. The first-order chi connectivity index (χ1) is 16.3. The molecule has 11 heteroatoms. The Morgan fingerprint density at radius 2 is 1.47 bits per heavy atom. The Hall–Kier alpha value is -2.87. The lowest BCUT2D eigenvalue weighted by atomic mass is 10.1. The number of carbonyl (C=O) groups is 2. The van der Waals surface area contributed by atoms with Crippen LogP contribution >= 0.6 is 0 Å². The summed E-state index contributed by atoms with van der Waals surface area (Å²) in [7, 11) is 0. The van der Waals surface area contributed by atoms with Crippen LogP contribution in [0.3, 0.4) is 0 Å². The summed E-state index contributed by atoms with van der Waals surface area (Å²) in [5.74, 6) is -6.31. The number of rotatable bonds is 10. The molecule has 3 rings (SSSR count). The monoisotopic (exact) mass is 489 g/mol. The van der Waals surface area contributed by atoms with Crippen molar-refractivity contribution in [3.05, 3.63) is 29.1 Å². The van der Waals surface area contributed by atoms with Gasteiger partial charge in [0, 0.05) is 26.0 Å². The average molecular weight is 489 g/mol. The third-order valence-corrected chi connectivity index (χ3v) is 5.82. The fourth-order valence-electron chi connectivity index (χ4n) is 3.97. The number of fused-ring (bicyclic) bond motifs is 1. The summed E-state index contributed by atoms with van der Waals surface area (Å²) in [6, 6.07) is 0. The number of hydrogen-bond donors (Lipinski definition) is 1. The van der Waals surface area contributed by atoms with Gasteiger partial charge in [-0.3, -0.25) is 4.79 Å². The Balaban J connectivity index is 1.24. The molecule has 0 aliphatic heterocycles. The first-order valence-electron chi connectivity index (χ1n) is 11.0. The molecule has 2 aliphatic carbocycles. The Morgan fingerprint density at radius 1 is 0.882 bits per heavy atom. The molecule has 0 bridgehead atoms. The first kappa shape index (κ1) is 25.7. The van der Waals surface area contributed by atoms with Gasteiger partial charge in [-0.15, -0.1) is 11.8 Å². The number of ether oxygens (including phenoxy) is 3.